The highest BCUT2D eigenvalue weighted by molar-refractivity contribution is 6.30. The lowest BCUT2D eigenvalue weighted by Gasteiger charge is -2.26. The van der Waals surface area contributed by atoms with Crippen molar-refractivity contribution in [2.45, 2.75) is 38.5 Å². The van der Waals surface area contributed by atoms with Gasteiger partial charge in [0.2, 0.25) is 5.91 Å². The summed E-state index contributed by atoms with van der Waals surface area (Å²) in [4.78, 5) is 15.7. The van der Waals surface area contributed by atoms with Gasteiger partial charge in [-0.3, -0.25) is 14.4 Å². The average molecular weight is 481 g/mol. The zero-order chi connectivity index (χ0) is 24.1. The second kappa shape index (κ2) is 10.6. The normalized spacial score (nSPS) is 14.7. The third kappa shape index (κ3) is 5.62. The molecule has 1 aliphatic rings. The lowest BCUT2D eigenvalue weighted by molar-refractivity contribution is -0.120. The first-order chi connectivity index (χ1) is 16.3. The molecular weight excluding hydrogens is 448 g/mol. The van der Waals surface area contributed by atoms with Crippen LogP contribution in [0.4, 0.5) is 5.69 Å². The number of halogens is 1. The van der Waals surface area contributed by atoms with E-state index in [1.165, 1.54) is 19.3 Å². The molecule has 3 aromatic rings. The summed E-state index contributed by atoms with van der Waals surface area (Å²) in [6.07, 6.45) is 5.62. The molecule has 0 aliphatic carbocycles. The Bertz CT molecular complexity index is 1120. The highest BCUT2D eigenvalue weighted by Gasteiger charge is 2.30. The summed E-state index contributed by atoms with van der Waals surface area (Å²) in [6, 6.07) is 15.1. The smallest absolute Gasteiger partial charge is 0.234 e. The van der Waals surface area contributed by atoms with Crippen molar-refractivity contribution in [1.82, 2.24) is 14.7 Å². The fourth-order valence-electron chi connectivity index (χ4n) is 4.32. The second-order valence-corrected chi connectivity index (χ2v) is 9.82. The number of ether oxygens (including phenoxy) is 1. The fourth-order valence-corrected chi connectivity index (χ4v) is 4.45. The minimum absolute atomic E-state index is 0.0930. The van der Waals surface area contributed by atoms with Crippen LogP contribution in [0, 0.1) is 0 Å². The summed E-state index contributed by atoms with van der Waals surface area (Å²) in [5.74, 6) is 0.695. The Morgan fingerprint density at radius 2 is 1.82 bits per heavy atom. The van der Waals surface area contributed by atoms with E-state index in [1.807, 2.05) is 74.1 Å². The number of rotatable bonds is 8. The lowest BCUT2D eigenvalue weighted by Crippen LogP contribution is -2.34. The van der Waals surface area contributed by atoms with Gasteiger partial charge in [-0.05, 0) is 81.7 Å². The van der Waals surface area contributed by atoms with Gasteiger partial charge in [0.1, 0.15) is 12.4 Å². The first kappa shape index (κ1) is 24.3. The molecule has 2 heterocycles. The van der Waals surface area contributed by atoms with Gasteiger partial charge in [-0.2, -0.15) is 5.10 Å². The summed E-state index contributed by atoms with van der Waals surface area (Å²) in [7, 11) is 1.90. The number of aryl methyl sites for hydroxylation is 1. The van der Waals surface area contributed by atoms with Crippen LogP contribution in [0.3, 0.4) is 0 Å². The van der Waals surface area contributed by atoms with Crippen molar-refractivity contribution < 1.29 is 9.53 Å². The van der Waals surface area contributed by atoms with E-state index in [0.29, 0.717) is 17.3 Å². The molecule has 1 N–H and O–H groups in total. The SMILES string of the molecule is Cn1nccc1-c1cc(NC(=O)C(C)(C)c2ccc(Cl)cc2)ccc1OCCN1CCCCC1. The summed E-state index contributed by atoms with van der Waals surface area (Å²) < 4.78 is 8.03. The Kier molecular flexibility index (Phi) is 7.59. The van der Waals surface area contributed by atoms with Gasteiger partial charge < -0.3 is 10.1 Å². The first-order valence-corrected chi connectivity index (χ1v) is 12.3. The molecule has 0 radical (unpaired) electrons. The number of benzene rings is 2. The van der Waals surface area contributed by atoms with E-state index in [0.717, 1.165) is 42.2 Å². The van der Waals surface area contributed by atoms with Crippen molar-refractivity contribution >= 4 is 23.2 Å². The van der Waals surface area contributed by atoms with Crippen LogP contribution < -0.4 is 10.1 Å². The molecule has 0 atom stereocenters. The summed E-state index contributed by atoms with van der Waals surface area (Å²) in [5, 5.41) is 8.06. The van der Waals surface area contributed by atoms with Crippen molar-refractivity contribution in [3.63, 3.8) is 0 Å². The molecule has 1 fully saturated rings. The average Bonchev–Trinajstić information content (AvgIpc) is 3.26. The maximum Gasteiger partial charge on any atom is 0.234 e. The van der Waals surface area contributed by atoms with Gasteiger partial charge in [0.05, 0.1) is 11.1 Å². The molecule has 34 heavy (non-hydrogen) atoms. The molecule has 6 nitrogen and oxygen atoms in total. The molecular formula is C27H33ClN4O2. The van der Waals surface area contributed by atoms with Crippen molar-refractivity contribution in [2.75, 3.05) is 31.6 Å². The molecule has 0 bridgehead atoms. The number of hydrogen-bond donors (Lipinski definition) is 1. The van der Waals surface area contributed by atoms with Crippen LogP contribution in [0.2, 0.25) is 5.02 Å². The van der Waals surface area contributed by atoms with Gasteiger partial charge in [-0.25, -0.2) is 0 Å². The number of carbonyl (C=O) groups excluding carboxylic acids is 1. The van der Waals surface area contributed by atoms with Crippen LogP contribution in [0.25, 0.3) is 11.3 Å². The van der Waals surface area contributed by atoms with E-state index < -0.39 is 5.41 Å². The molecule has 1 saturated heterocycles. The monoisotopic (exact) mass is 480 g/mol. The molecule has 2 aromatic carbocycles. The van der Waals surface area contributed by atoms with Crippen molar-refractivity contribution in [3.05, 3.63) is 65.3 Å². The van der Waals surface area contributed by atoms with E-state index in [-0.39, 0.29) is 5.91 Å². The highest BCUT2D eigenvalue weighted by atomic mass is 35.5. The number of anilines is 1. The van der Waals surface area contributed by atoms with Crippen LogP contribution in [0.1, 0.15) is 38.7 Å². The Morgan fingerprint density at radius 3 is 2.50 bits per heavy atom. The maximum atomic E-state index is 13.2. The maximum absolute atomic E-state index is 13.2. The van der Waals surface area contributed by atoms with E-state index in [9.17, 15) is 4.79 Å². The molecule has 0 saturated carbocycles. The molecule has 1 amide bonds. The molecule has 4 rings (SSSR count). The Labute approximate surface area is 206 Å². The number of nitrogens with one attached hydrogen (secondary N) is 1. The van der Waals surface area contributed by atoms with E-state index in [1.54, 1.807) is 6.20 Å². The molecule has 0 spiro atoms. The third-order valence-corrected chi connectivity index (χ3v) is 6.83. The molecule has 7 heteroatoms. The topological polar surface area (TPSA) is 59.4 Å². The number of hydrogen-bond acceptors (Lipinski definition) is 4. The van der Waals surface area contributed by atoms with Crippen molar-refractivity contribution in [1.29, 1.82) is 0 Å². The van der Waals surface area contributed by atoms with Gasteiger partial charge in [0.15, 0.2) is 0 Å². The van der Waals surface area contributed by atoms with E-state index >= 15 is 0 Å². The molecule has 180 valence electrons. The predicted octanol–water partition coefficient (Wildman–Crippen LogP) is 5.52. The zero-order valence-corrected chi connectivity index (χ0v) is 20.9. The first-order valence-electron chi connectivity index (χ1n) is 11.9. The third-order valence-electron chi connectivity index (χ3n) is 6.58. The van der Waals surface area contributed by atoms with Gasteiger partial charge in [0, 0.05) is 36.1 Å². The number of carbonyl (C=O) groups is 1. The Balaban J connectivity index is 1.52. The molecule has 0 unspecified atom stereocenters. The van der Waals surface area contributed by atoms with Crippen molar-refractivity contribution in [3.8, 4) is 17.0 Å². The van der Waals surface area contributed by atoms with Gasteiger partial charge in [-0.1, -0.05) is 30.2 Å². The standard InChI is InChI=1S/C27H33ClN4O2/c1-27(2,20-7-9-21(28)10-8-20)26(33)30-22-11-12-25(23(19-22)24-13-14-29-31(24)3)34-18-17-32-15-5-4-6-16-32/h7-14,19H,4-6,15-18H2,1-3H3,(H,30,33). The summed E-state index contributed by atoms with van der Waals surface area (Å²) in [5.41, 5.74) is 2.73. The number of aromatic nitrogens is 2. The number of nitrogens with zero attached hydrogens (tertiary/aromatic N) is 3. The molecule has 1 aliphatic heterocycles. The Hall–Kier alpha value is -2.83. The Morgan fingerprint density at radius 1 is 1.09 bits per heavy atom. The van der Waals surface area contributed by atoms with Gasteiger partial charge in [0.25, 0.3) is 0 Å². The number of piperidine rings is 1. The minimum Gasteiger partial charge on any atom is -0.492 e. The number of amides is 1. The minimum atomic E-state index is -0.721. The number of likely N-dealkylation sites (tertiary alicyclic amines) is 1. The van der Waals surface area contributed by atoms with Gasteiger partial charge in [-0.15, -0.1) is 0 Å². The second-order valence-electron chi connectivity index (χ2n) is 9.39. The quantitative estimate of drug-likeness (QED) is 0.461. The van der Waals surface area contributed by atoms with E-state index in [4.69, 9.17) is 16.3 Å². The lowest BCUT2D eigenvalue weighted by atomic mass is 9.83. The predicted molar refractivity (Wildman–Crippen MR) is 138 cm³/mol. The van der Waals surface area contributed by atoms with Crippen LogP contribution in [-0.4, -0.2) is 46.8 Å². The van der Waals surface area contributed by atoms with Crippen LogP contribution in [0.15, 0.2) is 54.7 Å². The van der Waals surface area contributed by atoms with E-state index in [2.05, 4.69) is 15.3 Å². The van der Waals surface area contributed by atoms with Crippen molar-refractivity contribution in [2.24, 2.45) is 7.05 Å². The summed E-state index contributed by atoms with van der Waals surface area (Å²) >= 11 is 6.02. The summed E-state index contributed by atoms with van der Waals surface area (Å²) in [6.45, 7) is 7.65. The largest absolute Gasteiger partial charge is 0.492 e. The van der Waals surface area contributed by atoms with Crippen LogP contribution >= 0.6 is 11.6 Å². The van der Waals surface area contributed by atoms with Gasteiger partial charge >= 0.3 is 0 Å². The van der Waals surface area contributed by atoms with Crippen LogP contribution in [-0.2, 0) is 17.3 Å². The fraction of sp³-hybridized carbons (Fsp3) is 0.407. The van der Waals surface area contributed by atoms with Crippen LogP contribution in [0.5, 0.6) is 5.75 Å². The molecule has 1 aromatic heterocycles. The highest BCUT2D eigenvalue weighted by Crippen LogP contribution is 2.34. The zero-order valence-electron chi connectivity index (χ0n) is 20.2.